The molecule has 1 aromatic carbocycles. The highest BCUT2D eigenvalue weighted by molar-refractivity contribution is 7.07. The van der Waals surface area contributed by atoms with Crippen molar-refractivity contribution in [2.45, 2.75) is 6.54 Å². The number of nitrogens with zero attached hydrogens (tertiary/aromatic N) is 1. The molecule has 2 N–H and O–H groups in total. The fourth-order valence-electron chi connectivity index (χ4n) is 2.43. The molecule has 1 fully saturated rings. The number of hydrogen-bond donors (Lipinski definition) is 2. The van der Waals surface area contributed by atoms with E-state index in [1.165, 1.54) is 0 Å². The Morgan fingerprint density at radius 2 is 1.92 bits per heavy atom. The maximum absolute atomic E-state index is 12.0. The normalized spacial score (nSPS) is 13.9. The Bertz CT molecular complexity index is 713. The lowest BCUT2D eigenvalue weighted by Gasteiger charge is -2.26. The average Bonchev–Trinajstić information content (AvgIpc) is 3.20. The van der Waals surface area contributed by atoms with Gasteiger partial charge in [0.2, 0.25) is 0 Å². The van der Waals surface area contributed by atoms with Crippen LogP contribution in [0.5, 0.6) is 5.75 Å². The average molecular weight is 375 g/mol. The van der Waals surface area contributed by atoms with Gasteiger partial charge in [-0.05, 0) is 46.7 Å². The first-order valence-electron chi connectivity index (χ1n) is 8.35. The van der Waals surface area contributed by atoms with Gasteiger partial charge in [-0.1, -0.05) is 0 Å². The first-order chi connectivity index (χ1) is 12.7. The summed E-state index contributed by atoms with van der Waals surface area (Å²) in [6, 6.07) is 8.61. The van der Waals surface area contributed by atoms with Gasteiger partial charge in [0.1, 0.15) is 5.75 Å². The van der Waals surface area contributed by atoms with E-state index in [2.05, 4.69) is 10.6 Å². The van der Waals surface area contributed by atoms with Gasteiger partial charge in [-0.3, -0.25) is 4.79 Å². The van der Waals surface area contributed by atoms with Crippen molar-refractivity contribution in [3.63, 3.8) is 0 Å². The molecule has 0 saturated carbocycles. The van der Waals surface area contributed by atoms with Crippen molar-refractivity contribution in [1.82, 2.24) is 10.2 Å². The zero-order chi connectivity index (χ0) is 18.2. The fourth-order valence-corrected chi connectivity index (χ4v) is 3.10. The topological polar surface area (TPSA) is 79.9 Å². The van der Waals surface area contributed by atoms with Gasteiger partial charge in [-0.15, -0.1) is 0 Å². The molecule has 0 bridgehead atoms. The van der Waals surface area contributed by atoms with E-state index >= 15 is 0 Å². The summed E-state index contributed by atoms with van der Waals surface area (Å²) in [7, 11) is 0. The molecule has 0 aliphatic carbocycles. The van der Waals surface area contributed by atoms with Crippen molar-refractivity contribution >= 4 is 29.0 Å². The van der Waals surface area contributed by atoms with Crippen molar-refractivity contribution in [3.05, 3.63) is 46.7 Å². The summed E-state index contributed by atoms with van der Waals surface area (Å²) in [5.74, 6) is 0.527. The molecule has 1 aliphatic heterocycles. The number of urea groups is 1. The number of nitrogens with one attached hydrogen (secondary N) is 2. The van der Waals surface area contributed by atoms with Crippen LogP contribution < -0.4 is 15.4 Å². The summed E-state index contributed by atoms with van der Waals surface area (Å²) < 4.78 is 10.7. The van der Waals surface area contributed by atoms with Crippen LogP contribution in [-0.4, -0.2) is 49.7 Å². The largest absolute Gasteiger partial charge is 0.484 e. The molecule has 1 aliphatic rings. The van der Waals surface area contributed by atoms with Crippen molar-refractivity contribution in [2.24, 2.45) is 0 Å². The lowest BCUT2D eigenvalue weighted by atomic mass is 10.3. The van der Waals surface area contributed by atoms with E-state index in [1.54, 1.807) is 40.5 Å². The molecule has 3 rings (SSSR count). The van der Waals surface area contributed by atoms with Crippen LogP contribution >= 0.6 is 11.3 Å². The predicted molar refractivity (Wildman–Crippen MR) is 99.5 cm³/mol. The van der Waals surface area contributed by atoms with Gasteiger partial charge in [-0.25, -0.2) is 4.79 Å². The van der Waals surface area contributed by atoms with E-state index in [4.69, 9.17) is 9.47 Å². The zero-order valence-electron chi connectivity index (χ0n) is 14.3. The van der Waals surface area contributed by atoms with E-state index in [0.29, 0.717) is 44.3 Å². The summed E-state index contributed by atoms with van der Waals surface area (Å²) in [6.45, 7) is 2.83. The van der Waals surface area contributed by atoms with E-state index in [-0.39, 0.29) is 18.5 Å². The number of carbonyl (C=O) groups excluding carboxylic acids is 2. The Hall–Kier alpha value is -2.58. The number of hydrogen-bond acceptors (Lipinski definition) is 5. The molecule has 0 unspecified atom stereocenters. The Balaban J connectivity index is 1.41. The third-order valence-corrected chi connectivity index (χ3v) is 4.60. The highest BCUT2D eigenvalue weighted by Gasteiger charge is 2.17. The molecule has 0 radical (unpaired) electrons. The number of morpholine rings is 1. The Morgan fingerprint density at radius 1 is 1.15 bits per heavy atom. The van der Waals surface area contributed by atoms with Gasteiger partial charge in [0.25, 0.3) is 5.91 Å². The molecule has 2 aromatic rings. The number of amides is 3. The van der Waals surface area contributed by atoms with Gasteiger partial charge in [0, 0.05) is 25.3 Å². The monoisotopic (exact) mass is 375 g/mol. The lowest BCUT2D eigenvalue weighted by Crippen LogP contribution is -2.42. The number of ether oxygens (including phenoxy) is 2. The summed E-state index contributed by atoms with van der Waals surface area (Å²) in [4.78, 5) is 25.6. The van der Waals surface area contributed by atoms with Gasteiger partial charge in [0.15, 0.2) is 6.61 Å². The second-order valence-corrected chi connectivity index (χ2v) is 6.53. The number of carbonyl (C=O) groups is 2. The molecule has 2 heterocycles. The highest BCUT2D eigenvalue weighted by atomic mass is 32.1. The number of anilines is 1. The number of thiophene rings is 1. The lowest BCUT2D eigenvalue weighted by molar-refractivity contribution is -0.137. The predicted octanol–water partition coefficient (Wildman–Crippen LogP) is 2.31. The zero-order valence-corrected chi connectivity index (χ0v) is 15.1. The first kappa shape index (κ1) is 18.2. The molecule has 1 saturated heterocycles. The summed E-state index contributed by atoms with van der Waals surface area (Å²) in [6.07, 6.45) is 0. The van der Waals surface area contributed by atoms with Crippen molar-refractivity contribution in [1.29, 1.82) is 0 Å². The van der Waals surface area contributed by atoms with Crippen LogP contribution in [0.4, 0.5) is 10.5 Å². The Kier molecular flexibility index (Phi) is 6.45. The number of rotatable bonds is 6. The smallest absolute Gasteiger partial charge is 0.319 e. The van der Waals surface area contributed by atoms with Crippen LogP contribution in [-0.2, 0) is 16.1 Å². The van der Waals surface area contributed by atoms with Gasteiger partial charge in [-0.2, -0.15) is 11.3 Å². The van der Waals surface area contributed by atoms with Crippen LogP contribution in [0.15, 0.2) is 41.1 Å². The van der Waals surface area contributed by atoms with Crippen LogP contribution in [0.2, 0.25) is 0 Å². The van der Waals surface area contributed by atoms with E-state index in [0.717, 1.165) is 5.56 Å². The maximum atomic E-state index is 12.0. The van der Waals surface area contributed by atoms with Crippen LogP contribution in [0.25, 0.3) is 0 Å². The molecule has 7 nitrogen and oxygen atoms in total. The van der Waals surface area contributed by atoms with Gasteiger partial charge in [0.05, 0.1) is 13.2 Å². The fraction of sp³-hybridized carbons (Fsp3) is 0.333. The van der Waals surface area contributed by atoms with Crippen LogP contribution in [0.3, 0.4) is 0 Å². The molecule has 0 spiro atoms. The van der Waals surface area contributed by atoms with Crippen LogP contribution in [0.1, 0.15) is 5.56 Å². The van der Waals surface area contributed by atoms with E-state index < -0.39 is 0 Å². The van der Waals surface area contributed by atoms with Crippen LogP contribution in [0, 0.1) is 0 Å². The number of benzene rings is 1. The van der Waals surface area contributed by atoms with Crippen molar-refractivity contribution in [2.75, 3.05) is 38.2 Å². The molecular weight excluding hydrogens is 354 g/mol. The first-order valence-corrected chi connectivity index (χ1v) is 9.29. The second kappa shape index (κ2) is 9.21. The minimum absolute atomic E-state index is 0.00605. The molecule has 8 heteroatoms. The molecule has 1 aromatic heterocycles. The highest BCUT2D eigenvalue weighted by Crippen LogP contribution is 2.16. The van der Waals surface area contributed by atoms with E-state index in [9.17, 15) is 9.59 Å². The van der Waals surface area contributed by atoms with E-state index in [1.807, 2.05) is 16.8 Å². The summed E-state index contributed by atoms with van der Waals surface area (Å²) in [5.41, 5.74) is 1.72. The SMILES string of the molecule is O=C(NCc1ccsc1)Nc1ccc(OCC(=O)N2CCOCC2)cc1. The third-order valence-electron chi connectivity index (χ3n) is 3.87. The van der Waals surface area contributed by atoms with Gasteiger partial charge < -0.3 is 25.0 Å². The summed E-state index contributed by atoms with van der Waals surface area (Å²) >= 11 is 1.59. The molecule has 3 amide bonds. The minimum Gasteiger partial charge on any atom is -0.484 e. The molecule has 26 heavy (non-hydrogen) atoms. The molecular formula is C18H21N3O4S. The van der Waals surface area contributed by atoms with Crippen molar-refractivity contribution < 1.29 is 19.1 Å². The third kappa shape index (κ3) is 5.47. The second-order valence-electron chi connectivity index (χ2n) is 5.75. The minimum atomic E-state index is -0.271. The summed E-state index contributed by atoms with van der Waals surface area (Å²) in [5, 5.41) is 9.51. The molecule has 0 atom stereocenters. The Labute approximate surface area is 155 Å². The van der Waals surface area contributed by atoms with Crippen molar-refractivity contribution in [3.8, 4) is 5.75 Å². The maximum Gasteiger partial charge on any atom is 0.319 e. The standard InChI is InChI=1S/C18H21N3O4S/c22-17(21-6-8-24-9-7-21)12-25-16-3-1-15(2-4-16)20-18(23)19-11-14-5-10-26-13-14/h1-5,10,13H,6-9,11-12H2,(H2,19,20,23). The van der Waals surface area contributed by atoms with Gasteiger partial charge >= 0.3 is 6.03 Å². The quantitative estimate of drug-likeness (QED) is 0.812. The molecule has 138 valence electrons. The Morgan fingerprint density at radius 3 is 2.62 bits per heavy atom.